The van der Waals surface area contributed by atoms with E-state index in [9.17, 15) is 29.1 Å². The number of hydrogen-bond acceptors (Lipinski definition) is 14. The van der Waals surface area contributed by atoms with Gasteiger partial charge in [-0.25, -0.2) is 4.39 Å². The summed E-state index contributed by atoms with van der Waals surface area (Å²) in [6, 6.07) is 15.6. The van der Waals surface area contributed by atoms with Crippen molar-refractivity contribution in [1.29, 1.82) is 0 Å². The fraction of sp³-hybridized carbons (Fsp3) is 0.380. The number of fused-ring (bicyclic) bond motifs is 3. The van der Waals surface area contributed by atoms with E-state index < -0.39 is 35.5 Å². The molecule has 3 fully saturated rings. The number of ether oxygens (including phenoxy) is 4. The molecule has 4 aliphatic rings. The second-order valence-electron chi connectivity index (χ2n) is 17.4. The standard InChI is InChI=1S/C50H51ClFN7O10/c1-3-42(62)57-16-18-58(19-17-57)46-38-27-39(51)43(36-25-31(60)24-30-6-4-5-7-34(30)36)44(52)45(38)54-50(55-46)69-29(2)28-56-14-12-32(13-15-56)67-22-20-66-21-23-68-33-8-9-35-37(26-33)49(65)59(48(35)64)40-10-11-41(61)53-47(40)63/h3-9,24-27,29,32,40,60H,1,10-23,28H2,2H3,(H,53,61,63)/t29-,40?/m1/s1. The zero-order valence-electron chi connectivity index (χ0n) is 38.0. The van der Waals surface area contributed by atoms with E-state index in [1.165, 1.54) is 24.3 Å². The van der Waals surface area contributed by atoms with Crippen LogP contribution < -0.4 is 19.7 Å². The first kappa shape index (κ1) is 47.3. The van der Waals surface area contributed by atoms with E-state index in [2.05, 4.69) is 21.8 Å². The minimum atomic E-state index is -1.04. The quantitative estimate of drug-likeness (QED) is 0.0713. The molecule has 2 N–H and O–H groups in total. The van der Waals surface area contributed by atoms with Crippen molar-refractivity contribution in [2.45, 2.75) is 50.9 Å². The summed E-state index contributed by atoms with van der Waals surface area (Å²) in [4.78, 5) is 78.7. The van der Waals surface area contributed by atoms with Crippen LogP contribution >= 0.6 is 11.6 Å². The van der Waals surface area contributed by atoms with Gasteiger partial charge in [-0.15, -0.1) is 0 Å². The van der Waals surface area contributed by atoms with Gasteiger partial charge < -0.3 is 33.9 Å². The normalized spacial score (nSPS) is 18.5. The van der Waals surface area contributed by atoms with Crippen molar-refractivity contribution in [2.75, 3.05) is 77.1 Å². The molecule has 69 heavy (non-hydrogen) atoms. The molecule has 0 bridgehead atoms. The number of phenols is 1. The van der Waals surface area contributed by atoms with Crippen molar-refractivity contribution in [3.63, 3.8) is 0 Å². The summed E-state index contributed by atoms with van der Waals surface area (Å²) in [6.07, 6.45) is 2.68. The molecule has 5 heterocycles. The number of nitrogens with one attached hydrogen (secondary N) is 1. The Hall–Kier alpha value is -6.73. The van der Waals surface area contributed by atoms with Gasteiger partial charge in [-0.05, 0) is 85.0 Å². The van der Waals surface area contributed by atoms with E-state index >= 15 is 4.39 Å². The van der Waals surface area contributed by atoms with Gasteiger partial charge in [0.2, 0.25) is 17.7 Å². The Morgan fingerprint density at radius 3 is 2.42 bits per heavy atom. The Kier molecular flexibility index (Phi) is 14.0. The fourth-order valence-electron chi connectivity index (χ4n) is 9.44. The van der Waals surface area contributed by atoms with Crippen molar-refractivity contribution in [3.8, 4) is 28.6 Å². The summed E-state index contributed by atoms with van der Waals surface area (Å²) in [5.41, 5.74) is 0.856. The SMILES string of the molecule is C=CC(=O)N1CCN(c2nc(O[C@H](C)CN3CCC(OCCOCCOc4ccc5c(c4)C(=O)N(C4CCC(=O)NC4=O)C5=O)CC3)nc3c(F)c(-c4cc(O)cc5ccccc45)c(Cl)cc23)CC1. The first-order chi connectivity index (χ1) is 33.4. The summed E-state index contributed by atoms with van der Waals surface area (Å²) >= 11 is 6.90. The van der Waals surface area contributed by atoms with Gasteiger partial charge in [-0.1, -0.05) is 42.4 Å². The third-order valence-electron chi connectivity index (χ3n) is 12.9. The van der Waals surface area contributed by atoms with Gasteiger partial charge in [0.25, 0.3) is 11.8 Å². The van der Waals surface area contributed by atoms with Crippen molar-refractivity contribution >= 4 is 68.6 Å². The number of aromatic nitrogens is 2. The highest BCUT2D eigenvalue weighted by molar-refractivity contribution is 6.35. The average Bonchev–Trinajstić information content (AvgIpc) is 3.58. The molecular weight excluding hydrogens is 913 g/mol. The van der Waals surface area contributed by atoms with E-state index in [0.29, 0.717) is 73.8 Å². The molecule has 0 aliphatic carbocycles. The van der Waals surface area contributed by atoms with Crippen molar-refractivity contribution in [3.05, 3.63) is 95.3 Å². The summed E-state index contributed by atoms with van der Waals surface area (Å²) in [6.45, 7) is 10.5. The number of rotatable bonds is 16. The molecule has 0 saturated carbocycles. The highest BCUT2D eigenvalue weighted by atomic mass is 35.5. The Bertz CT molecular complexity index is 2850. The topological polar surface area (TPSA) is 193 Å². The van der Waals surface area contributed by atoms with Gasteiger partial charge in [0.15, 0.2) is 5.82 Å². The molecule has 4 aromatic carbocycles. The predicted octanol–water partition coefficient (Wildman–Crippen LogP) is 5.53. The molecule has 5 amide bonds. The summed E-state index contributed by atoms with van der Waals surface area (Å²) in [5, 5.41) is 14.8. The van der Waals surface area contributed by atoms with E-state index in [-0.39, 0.29) is 83.2 Å². The number of carbonyl (C=O) groups excluding carboxylic acids is 5. The monoisotopic (exact) mass is 963 g/mol. The van der Waals surface area contributed by atoms with Gasteiger partial charge in [0.1, 0.15) is 41.6 Å². The molecule has 3 saturated heterocycles. The molecule has 9 rings (SSSR count). The molecule has 1 aromatic heterocycles. The third kappa shape index (κ3) is 10.1. The lowest BCUT2D eigenvalue weighted by Crippen LogP contribution is -2.54. The molecule has 19 heteroatoms. The summed E-state index contributed by atoms with van der Waals surface area (Å²) < 4.78 is 41.0. The fourth-order valence-corrected chi connectivity index (χ4v) is 9.74. The van der Waals surface area contributed by atoms with Gasteiger partial charge >= 0.3 is 6.01 Å². The minimum absolute atomic E-state index is 0.00314. The number of amides is 5. The zero-order chi connectivity index (χ0) is 48.3. The lowest BCUT2D eigenvalue weighted by atomic mass is 9.96. The highest BCUT2D eigenvalue weighted by Gasteiger charge is 2.45. The van der Waals surface area contributed by atoms with E-state index in [4.69, 9.17) is 35.5 Å². The molecule has 2 atom stereocenters. The smallest absolute Gasteiger partial charge is 0.319 e. The molecular formula is C50H51ClFN7O10. The van der Waals surface area contributed by atoms with Crippen molar-refractivity contribution in [1.82, 2.24) is 30.0 Å². The number of piperidine rings is 2. The Morgan fingerprint density at radius 2 is 1.65 bits per heavy atom. The number of nitrogens with zero attached hydrogens (tertiary/aromatic N) is 6. The first-order valence-corrected chi connectivity index (χ1v) is 23.4. The van der Waals surface area contributed by atoms with Crippen molar-refractivity contribution in [2.24, 2.45) is 0 Å². The summed E-state index contributed by atoms with van der Waals surface area (Å²) in [5.74, 6) is -2.34. The predicted molar refractivity (Wildman–Crippen MR) is 253 cm³/mol. The van der Waals surface area contributed by atoms with Gasteiger partial charge in [-0.2, -0.15) is 9.97 Å². The lowest BCUT2D eigenvalue weighted by Gasteiger charge is -2.35. The van der Waals surface area contributed by atoms with Crippen LogP contribution in [0.5, 0.6) is 17.5 Å². The average molecular weight is 964 g/mol. The molecule has 17 nitrogen and oxygen atoms in total. The Morgan fingerprint density at radius 1 is 0.899 bits per heavy atom. The zero-order valence-corrected chi connectivity index (χ0v) is 38.7. The second kappa shape index (κ2) is 20.5. The Labute approximate surface area is 401 Å². The Balaban J connectivity index is 0.768. The maximum Gasteiger partial charge on any atom is 0.319 e. The number of hydrogen-bond donors (Lipinski definition) is 2. The number of halogens is 2. The van der Waals surface area contributed by atoms with Gasteiger partial charge in [0.05, 0.1) is 42.1 Å². The molecule has 5 aromatic rings. The number of phenolic OH excluding ortho intramolecular Hbond substituents is 1. The van der Waals surface area contributed by atoms with Crippen LogP contribution in [0, 0.1) is 5.82 Å². The molecule has 360 valence electrons. The number of piperazine rings is 1. The summed E-state index contributed by atoms with van der Waals surface area (Å²) in [7, 11) is 0. The first-order valence-electron chi connectivity index (χ1n) is 23.0. The van der Waals surface area contributed by atoms with E-state index in [0.717, 1.165) is 36.2 Å². The van der Waals surface area contributed by atoms with Crippen LogP contribution in [-0.4, -0.2) is 150 Å². The van der Waals surface area contributed by atoms with Crippen LogP contribution in [0.2, 0.25) is 5.02 Å². The third-order valence-corrected chi connectivity index (χ3v) is 13.2. The number of likely N-dealkylation sites (tertiary alicyclic amines) is 1. The number of benzene rings is 4. The maximum atomic E-state index is 17.1. The molecule has 4 aliphatic heterocycles. The van der Waals surface area contributed by atoms with E-state index in [1.54, 1.807) is 23.1 Å². The van der Waals surface area contributed by atoms with Crippen LogP contribution in [0.3, 0.4) is 0 Å². The molecule has 0 spiro atoms. The largest absolute Gasteiger partial charge is 0.508 e. The minimum Gasteiger partial charge on any atom is -0.508 e. The maximum absolute atomic E-state index is 17.1. The van der Waals surface area contributed by atoms with Crippen molar-refractivity contribution < 1.29 is 52.4 Å². The lowest BCUT2D eigenvalue weighted by molar-refractivity contribution is -0.136. The number of anilines is 1. The van der Waals surface area contributed by atoms with Crippen LogP contribution in [0.25, 0.3) is 32.8 Å². The van der Waals surface area contributed by atoms with Crippen LogP contribution in [0.15, 0.2) is 73.3 Å². The van der Waals surface area contributed by atoms with Crippen LogP contribution in [0.4, 0.5) is 10.2 Å². The van der Waals surface area contributed by atoms with Crippen LogP contribution in [-0.2, 0) is 23.9 Å². The number of carbonyl (C=O) groups is 5. The van der Waals surface area contributed by atoms with Crippen LogP contribution in [0.1, 0.15) is 53.3 Å². The second-order valence-corrected chi connectivity index (χ2v) is 17.8. The van der Waals surface area contributed by atoms with E-state index in [1.807, 2.05) is 36.1 Å². The number of aromatic hydroxyl groups is 1. The number of imide groups is 2. The van der Waals surface area contributed by atoms with Gasteiger partial charge in [0, 0.05) is 63.2 Å². The molecule has 1 unspecified atom stereocenters. The molecule has 0 radical (unpaired) electrons. The highest BCUT2D eigenvalue weighted by Crippen LogP contribution is 2.43. The van der Waals surface area contributed by atoms with Gasteiger partial charge in [-0.3, -0.25) is 39.1 Å².